The first-order valence-electron chi connectivity index (χ1n) is 5.85. The highest BCUT2D eigenvalue weighted by atomic mass is 35.5. The van der Waals surface area contributed by atoms with Gasteiger partial charge in [0.05, 0.1) is 5.02 Å². The fourth-order valence-corrected chi connectivity index (χ4v) is 2.28. The average Bonchev–Trinajstić information content (AvgIpc) is 3.04. The summed E-state index contributed by atoms with van der Waals surface area (Å²) in [5.41, 5.74) is 0.785. The number of hydrogen-bond donors (Lipinski definition) is 1. The molecule has 1 aliphatic carbocycles. The van der Waals surface area contributed by atoms with E-state index in [2.05, 4.69) is 12.2 Å². The van der Waals surface area contributed by atoms with Gasteiger partial charge < -0.3 is 5.32 Å². The van der Waals surface area contributed by atoms with E-state index in [1.165, 1.54) is 0 Å². The van der Waals surface area contributed by atoms with Crippen molar-refractivity contribution < 1.29 is 4.39 Å². The molecule has 0 atom stereocenters. The molecule has 0 amide bonds. The molecule has 2 rings (SSSR count). The lowest BCUT2D eigenvalue weighted by molar-refractivity contribution is 0.530. The SMILES string of the molecule is CCCNCC1(c2cccc(Cl)c2F)CC1. The zero-order valence-corrected chi connectivity index (χ0v) is 10.3. The van der Waals surface area contributed by atoms with Crippen molar-refractivity contribution in [2.24, 2.45) is 0 Å². The predicted octanol–water partition coefficient (Wildman–Crippen LogP) is 3.51. The minimum absolute atomic E-state index is 0.00412. The van der Waals surface area contributed by atoms with Crippen molar-refractivity contribution in [3.8, 4) is 0 Å². The van der Waals surface area contributed by atoms with Crippen molar-refractivity contribution in [2.75, 3.05) is 13.1 Å². The van der Waals surface area contributed by atoms with Crippen LogP contribution in [0.2, 0.25) is 5.02 Å². The van der Waals surface area contributed by atoms with Gasteiger partial charge in [0.15, 0.2) is 0 Å². The first kappa shape index (κ1) is 11.9. The van der Waals surface area contributed by atoms with E-state index in [0.29, 0.717) is 0 Å². The van der Waals surface area contributed by atoms with E-state index in [-0.39, 0.29) is 16.3 Å². The standard InChI is InChI=1S/C13H17ClFN/c1-2-8-16-9-13(6-7-13)10-4-3-5-11(14)12(10)15/h3-5,16H,2,6-9H2,1H3. The Labute approximate surface area is 101 Å². The molecule has 0 unspecified atom stereocenters. The molecule has 1 aromatic carbocycles. The second-order valence-electron chi connectivity index (χ2n) is 4.56. The van der Waals surface area contributed by atoms with Crippen LogP contribution in [0.3, 0.4) is 0 Å². The van der Waals surface area contributed by atoms with Gasteiger partial charge in [-0.1, -0.05) is 30.7 Å². The Morgan fingerprint density at radius 1 is 1.44 bits per heavy atom. The zero-order valence-electron chi connectivity index (χ0n) is 9.52. The summed E-state index contributed by atoms with van der Waals surface area (Å²) in [6.07, 6.45) is 3.22. The molecular formula is C13H17ClFN. The smallest absolute Gasteiger partial charge is 0.145 e. The minimum Gasteiger partial charge on any atom is -0.316 e. The van der Waals surface area contributed by atoms with Crippen molar-refractivity contribution in [2.45, 2.75) is 31.6 Å². The van der Waals surface area contributed by atoms with Gasteiger partial charge in [0, 0.05) is 12.0 Å². The van der Waals surface area contributed by atoms with Crippen LogP contribution in [0.4, 0.5) is 4.39 Å². The Hall–Kier alpha value is -0.600. The number of halogens is 2. The molecule has 0 saturated heterocycles. The summed E-state index contributed by atoms with van der Waals surface area (Å²) in [5, 5.41) is 3.61. The lowest BCUT2D eigenvalue weighted by atomic mass is 9.95. The van der Waals surface area contributed by atoms with Crippen LogP contribution >= 0.6 is 11.6 Å². The molecule has 1 fully saturated rings. The second-order valence-corrected chi connectivity index (χ2v) is 4.97. The molecule has 1 saturated carbocycles. The van der Waals surface area contributed by atoms with E-state index in [9.17, 15) is 4.39 Å². The quantitative estimate of drug-likeness (QED) is 0.778. The first-order chi connectivity index (χ1) is 7.69. The van der Waals surface area contributed by atoms with Crippen molar-refractivity contribution >= 4 is 11.6 Å². The Kier molecular flexibility index (Phi) is 3.50. The molecule has 88 valence electrons. The van der Waals surface area contributed by atoms with Gasteiger partial charge in [0.25, 0.3) is 0 Å². The topological polar surface area (TPSA) is 12.0 Å². The van der Waals surface area contributed by atoms with E-state index in [1.54, 1.807) is 6.07 Å². The van der Waals surface area contributed by atoms with Crippen molar-refractivity contribution in [3.05, 3.63) is 34.6 Å². The summed E-state index contributed by atoms with van der Waals surface area (Å²) < 4.78 is 13.9. The van der Waals surface area contributed by atoms with Gasteiger partial charge in [-0.3, -0.25) is 0 Å². The van der Waals surface area contributed by atoms with E-state index >= 15 is 0 Å². The third-order valence-electron chi connectivity index (χ3n) is 3.27. The van der Waals surface area contributed by atoms with Crippen LogP contribution in [0.25, 0.3) is 0 Å². The fraction of sp³-hybridized carbons (Fsp3) is 0.538. The van der Waals surface area contributed by atoms with Gasteiger partial charge in [-0.25, -0.2) is 4.39 Å². The van der Waals surface area contributed by atoms with Crippen LogP contribution in [0.15, 0.2) is 18.2 Å². The van der Waals surface area contributed by atoms with E-state index in [4.69, 9.17) is 11.6 Å². The lowest BCUT2D eigenvalue weighted by Gasteiger charge is -2.17. The van der Waals surface area contributed by atoms with Gasteiger partial charge >= 0.3 is 0 Å². The molecule has 0 bridgehead atoms. The number of benzene rings is 1. The molecule has 3 heteroatoms. The number of rotatable bonds is 5. The van der Waals surface area contributed by atoms with Crippen molar-refractivity contribution in [1.82, 2.24) is 5.32 Å². The molecular weight excluding hydrogens is 225 g/mol. The highest BCUT2D eigenvalue weighted by Gasteiger charge is 2.45. The summed E-state index contributed by atoms with van der Waals surface area (Å²) in [7, 11) is 0. The Bertz CT molecular complexity index is 374. The summed E-state index contributed by atoms with van der Waals surface area (Å²) in [6, 6.07) is 5.30. The van der Waals surface area contributed by atoms with Crippen LogP contribution in [0.1, 0.15) is 31.7 Å². The van der Waals surface area contributed by atoms with E-state index < -0.39 is 0 Å². The zero-order chi connectivity index (χ0) is 11.6. The summed E-state index contributed by atoms with van der Waals surface area (Å²) in [5.74, 6) is -0.236. The van der Waals surface area contributed by atoms with Gasteiger partial charge in [-0.05, 0) is 37.4 Å². The van der Waals surface area contributed by atoms with Crippen LogP contribution in [0, 0.1) is 5.82 Å². The Morgan fingerprint density at radius 2 is 2.19 bits per heavy atom. The highest BCUT2D eigenvalue weighted by molar-refractivity contribution is 6.30. The van der Waals surface area contributed by atoms with Crippen molar-refractivity contribution in [3.63, 3.8) is 0 Å². The second kappa shape index (κ2) is 4.72. The normalized spacial score (nSPS) is 17.4. The molecule has 0 spiro atoms. The molecule has 0 aromatic heterocycles. The molecule has 0 aliphatic heterocycles. The molecule has 0 heterocycles. The Morgan fingerprint density at radius 3 is 2.81 bits per heavy atom. The van der Waals surface area contributed by atoms with Crippen LogP contribution in [-0.4, -0.2) is 13.1 Å². The minimum atomic E-state index is -0.236. The molecule has 1 N–H and O–H groups in total. The van der Waals surface area contributed by atoms with E-state index in [0.717, 1.165) is 37.9 Å². The van der Waals surface area contributed by atoms with Crippen LogP contribution in [0.5, 0.6) is 0 Å². The first-order valence-corrected chi connectivity index (χ1v) is 6.22. The predicted molar refractivity (Wildman–Crippen MR) is 65.5 cm³/mol. The molecule has 16 heavy (non-hydrogen) atoms. The lowest BCUT2D eigenvalue weighted by Crippen LogP contribution is -2.28. The summed E-state index contributed by atoms with van der Waals surface area (Å²) in [6.45, 7) is 3.98. The summed E-state index contributed by atoms with van der Waals surface area (Å²) >= 11 is 5.81. The monoisotopic (exact) mass is 241 g/mol. The molecule has 1 nitrogen and oxygen atoms in total. The number of hydrogen-bond acceptors (Lipinski definition) is 1. The van der Waals surface area contributed by atoms with Crippen LogP contribution in [-0.2, 0) is 5.41 Å². The fourth-order valence-electron chi connectivity index (χ4n) is 2.11. The largest absolute Gasteiger partial charge is 0.316 e. The van der Waals surface area contributed by atoms with Crippen molar-refractivity contribution in [1.29, 1.82) is 0 Å². The number of nitrogens with one attached hydrogen (secondary N) is 1. The Balaban J connectivity index is 2.14. The molecule has 1 aliphatic rings. The summed E-state index contributed by atoms with van der Waals surface area (Å²) in [4.78, 5) is 0. The maximum atomic E-state index is 13.9. The van der Waals surface area contributed by atoms with Crippen LogP contribution < -0.4 is 5.32 Å². The van der Waals surface area contributed by atoms with Gasteiger partial charge in [0.1, 0.15) is 5.82 Å². The maximum absolute atomic E-state index is 13.9. The molecule has 1 aromatic rings. The van der Waals surface area contributed by atoms with Gasteiger partial charge in [0.2, 0.25) is 0 Å². The third kappa shape index (κ3) is 2.23. The maximum Gasteiger partial charge on any atom is 0.145 e. The molecule has 0 radical (unpaired) electrons. The van der Waals surface area contributed by atoms with Gasteiger partial charge in [-0.15, -0.1) is 0 Å². The van der Waals surface area contributed by atoms with E-state index in [1.807, 2.05) is 12.1 Å². The third-order valence-corrected chi connectivity index (χ3v) is 3.56. The van der Waals surface area contributed by atoms with Gasteiger partial charge in [-0.2, -0.15) is 0 Å². The highest BCUT2D eigenvalue weighted by Crippen LogP contribution is 2.49. The average molecular weight is 242 g/mol.